The van der Waals surface area contributed by atoms with Crippen LogP contribution < -0.4 is 10.2 Å². The Labute approximate surface area is 134 Å². The predicted molar refractivity (Wildman–Crippen MR) is 88.5 cm³/mol. The molecule has 116 valence electrons. The molecule has 1 N–H and O–H groups in total. The van der Waals surface area contributed by atoms with Crippen molar-refractivity contribution in [2.24, 2.45) is 0 Å². The van der Waals surface area contributed by atoms with Crippen LogP contribution in [0.1, 0.15) is 20.8 Å². The maximum atomic E-state index is 12.5. The Balaban J connectivity index is 1.94. The van der Waals surface area contributed by atoms with Crippen LogP contribution >= 0.6 is 15.9 Å². The molecule has 0 saturated carbocycles. The number of carbonyl (C=O) groups is 1. The Morgan fingerprint density at radius 1 is 1.33 bits per heavy atom. The Bertz CT molecular complexity index is 481. The molecule has 1 aromatic heterocycles. The minimum atomic E-state index is -0.493. The molecule has 0 aromatic carbocycles. The van der Waals surface area contributed by atoms with E-state index in [-0.39, 0.29) is 5.91 Å². The lowest BCUT2D eigenvalue weighted by Gasteiger charge is -2.39. The highest BCUT2D eigenvalue weighted by molar-refractivity contribution is 9.10. The number of likely N-dealkylation sites (N-methyl/N-ethyl adjacent to an activating group) is 1. The van der Waals surface area contributed by atoms with E-state index in [1.54, 1.807) is 6.20 Å². The molecular weight excluding hydrogens is 332 g/mol. The van der Waals surface area contributed by atoms with Crippen molar-refractivity contribution in [3.8, 4) is 0 Å². The highest BCUT2D eigenvalue weighted by Crippen LogP contribution is 2.18. The summed E-state index contributed by atoms with van der Waals surface area (Å²) in [6.45, 7) is 9.83. The fraction of sp³-hybridized carbons (Fsp3) is 0.600. The summed E-state index contributed by atoms with van der Waals surface area (Å²) >= 11 is 3.39. The number of halogens is 1. The fourth-order valence-corrected chi connectivity index (χ4v) is 2.84. The van der Waals surface area contributed by atoms with Gasteiger partial charge >= 0.3 is 0 Å². The molecule has 0 bridgehead atoms. The SMILES string of the molecule is CCNC(C)(C)C(=O)N1CCN(c2ccc(Br)cn2)CC1. The molecule has 0 radical (unpaired) electrons. The zero-order valence-electron chi connectivity index (χ0n) is 12.9. The second-order valence-corrected chi connectivity index (χ2v) is 6.68. The Morgan fingerprint density at radius 2 is 2.00 bits per heavy atom. The van der Waals surface area contributed by atoms with E-state index < -0.39 is 5.54 Å². The molecule has 2 rings (SSSR count). The molecule has 5 nitrogen and oxygen atoms in total. The number of rotatable bonds is 4. The third kappa shape index (κ3) is 3.95. The monoisotopic (exact) mass is 354 g/mol. The Morgan fingerprint density at radius 3 is 2.52 bits per heavy atom. The van der Waals surface area contributed by atoms with Gasteiger partial charge in [0.2, 0.25) is 5.91 Å². The lowest BCUT2D eigenvalue weighted by atomic mass is 10.0. The van der Waals surface area contributed by atoms with E-state index >= 15 is 0 Å². The second-order valence-electron chi connectivity index (χ2n) is 5.77. The number of amides is 1. The van der Waals surface area contributed by atoms with Crippen molar-refractivity contribution < 1.29 is 4.79 Å². The van der Waals surface area contributed by atoms with Crippen molar-refractivity contribution in [2.45, 2.75) is 26.3 Å². The number of nitrogens with zero attached hydrogens (tertiary/aromatic N) is 3. The average molecular weight is 355 g/mol. The van der Waals surface area contributed by atoms with E-state index in [4.69, 9.17) is 0 Å². The smallest absolute Gasteiger partial charge is 0.242 e. The van der Waals surface area contributed by atoms with Crippen LogP contribution in [0.25, 0.3) is 0 Å². The van der Waals surface area contributed by atoms with Gasteiger partial charge in [-0.1, -0.05) is 6.92 Å². The maximum Gasteiger partial charge on any atom is 0.242 e. The van der Waals surface area contributed by atoms with Crippen molar-refractivity contribution >= 4 is 27.7 Å². The van der Waals surface area contributed by atoms with Crippen molar-refractivity contribution in [1.29, 1.82) is 0 Å². The quantitative estimate of drug-likeness (QED) is 0.896. The van der Waals surface area contributed by atoms with Crippen LogP contribution in [0.3, 0.4) is 0 Å². The predicted octanol–water partition coefficient (Wildman–Crippen LogP) is 1.88. The molecule has 0 aliphatic carbocycles. The lowest BCUT2D eigenvalue weighted by Crippen LogP contribution is -2.58. The molecule has 1 amide bonds. The van der Waals surface area contributed by atoms with Gasteiger partial charge in [0.1, 0.15) is 5.82 Å². The van der Waals surface area contributed by atoms with E-state index in [9.17, 15) is 4.79 Å². The molecule has 0 unspecified atom stereocenters. The summed E-state index contributed by atoms with van der Waals surface area (Å²) in [5.41, 5.74) is -0.493. The Hall–Kier alpha value is -1.14. The van der Waals surface area contributed by atoms with Crippen LogP contribution in [0.5, 0.6) is 0 Å². The number of piperazine rings is 1. The molecule has 1 saturated heterocycles. The summed E-state index contributed by atoms with van der Waals surface area (Å²) in [4.78, 5) is 21.1. The van der Waals surface area contributed by atoms with Gasteiger partial charge in [0.15, 0.2) is 0 Å². The number of nitrogens with one attached hydrogen (secondary N) is 1. The van der Waals surface area contributed by atoms with Gasteiger partial charge in [0.25, 0.3) is 0 Å². The van der Waals surface area contributed by atoms with Gasteiger partial charge in [0, 0.05) is 36.8 Å². The van der Waals surface area contributed by atoms with Gasteiger partial charge in [0.05, 0.1) is 5.54 Å². The molecule has 0 spiro atoms. The standard InChI is InChI=1S/C15H23BrN4O/c1-4-18-15(2,3)14(21)20-9-7-19(8-10-20)13-6-5-12(16)11-17-13/h5-6,11,18H,4,7-10H2,1-3H3. The van der Waals surface area contributed by atoms with E-state index in [1.807, 2.05) is 37.8 Å². The third-order valence-electron chi connectivity index (χ3n) is 3.76. The first-order chi connectivity index (χ1) is 9.94. The average Bonchev–Trinajstić information content (AvgIpc) is 2.47. The third-order valence-corrected chi connectivity index (χ3v) is 4.23. The number of hydrogen-bond acceptors (Lipinski definition) is 4. The van der Waals surface area contributed by atoms with Crippen LogP contribution in [-0.2, 0) is 4.79 Å². The van der Waals surface area contributed by atoms with Crippen molar-refractivity contribution in [3.05, 3.63) is 22.8 Å². The van der Waals surface area contributed by atoms with Gasteiger partial charge in [-0.15, -0.1) is 0 Å². The summed E-state index contributed by atoms with van der Waals surface area (Å²) in [5.74, 6) is 1.14. The lowest BCUT2D eigenvalue weighted by molar-refractivity contribution is -0.137. The molecular formula is C15H23BrN4O. The number of carbonyl (C=O) groups excluding carboxylic acids is 1. The van der Waals surface area contributed by atoms with E-state index in [1.165, 1.54) is 0 Å². The number of hydrogen-bond donors (Lipinski definition) is 1. The molecule has 1 aliphatic heterocycles. The molecule has 21 heavy (non-hydrogen) atoms. The molecule has 1 aliphatic rings. The van der Waals surface area contributed by atoms with Gasteiger partial charge < -0.3 is 15.1 Å². The van der Waals surface area contributed by atoms with Crippen molar-refractivity contribution in [3.63, 3.8) is 0 Å². The van der Waals surface area contributed by atoms with Crippen LogP contribution in [-0.4, -0.2) is 54.1 Å². The molecule has 2 heterocycles. The highest BCUT2D eigenvalue weighted by Gasteiger charge is 2.32. The first-order valence-corrected chi connectivity index (χ1v) is 8.14. The second kappa shape index (κ2) is 6.75. The molecule has 1 fully saturated rings. The maximum absolute atomic E-state index is 12.5. The first-order valence-electron chi connectivity index (χ1n) is 7.35. The first kappa shape index (κ1) is 16.2. The zero-order chi connectivity index (χ0) is 15.5. The van der Waals surface area contributed by atoms with E-state index in [0.29, 0.717) is 0 Å². The van der Waals surface area contributed by atoms with Crippen LogP contribution in [0.4, 0.5) is 5.82 Å². The summed E-state index contributed by atoms with van der Waals surface area (Å²) in [7, 11) is 0. The van der Waals surface area contributed by atoms with Crippen LogP contribution in [0, 0.1) is 0 Å². The van der Waals surface area contributed by atoms with Crippen molar-refractivity contribution in [2.75, 3.05) is 37.6 Å². The van der Waals surface area contributed by atoms with E-state index in [0.717, 1.165) is 43.0 Å². The summed E-state index contributed by atoms with van der Waals surface area (Å²) in [6.07, 6.45) is 1.81. The highest BCUT2D eigenvalue weighted by atomic mass is 79.9. The van der Waals surface area contributed by atoms with Crippen LogP contribution in [0.2, 0.25) is 0 Å². The molecule has 6 heteroatoms. The van der Waals surface area contributed by atoms with Gasteiger partial charge in [-0.25, -0.2) is 4.98 Å². The molecule has 0 atom stereocenters. The normalized spacial score (nSPS) is 16.2. The number of pyridine rings is 1. The molecule has 1 aromatic rings. The summed E-state index contributed by atoms with van der Waals surface area (Å²) in [6, 6.07) is 4.00. The van der Waals surface area contributed by atoms with E-state index in [2.05, 4.69) is 31.1 Å². The minimum absolute atomic E-state index is 0.174. The van der Waals surface area contributed by atoms with Gasteiger partial charge in [-0.3, -0.25) is 4.79 Å². The topological polar surface area (TPSA) is 48.5 Å². The fourth-order valence-electron chi connectivity index (χ4n) is 2.61. The zero-order valence-corrected chi connectivity index (χ0v) is 14.5. The number of aromatic nitrogens is 1. The Kier molecular flexibility index (Phi) is 5.22. The summed E-state index contributed by atoms with van der Waals surface area (Å²) in [5, 5.41) is 3.25. The minimum Gasteiger partial charge on any atom is -0.353 e. The van der Waals surface area contributed by atoms with Gasteiger partial charge in [-0.05, 0) is 48.5 Å². The summed E-state index contributed by atoms with van der Waals surface area (Å²) < 4.78 is 0.979. The number of anilines is 1. The van der Waals surface area contributed by atoms with Crippen molar-refractivity contribution in [1.82, 2.24) is 15.2 Å². The van der Waals surface area contributed by atoms with Gasteiger partial charge in [-0.2, -0.15) is 0 Å². The van der Waals surface area contributed by atoms with Crippen LogP contribution in [0.15, 0.2) is 22.8 Å². The largest absolute Gasteiger partial charge is 0.353 e.